The SMILES string of the molecule is COc1cc(Cl)c(Cl)cc1CN1CCC(C=O)CC1c1ccccc1. The third-order valence-electron chi connectivity index (χ3n) is 4.83. The zero-order chi connectivity index (χ0) is 17.8. The molecule has 0 saturated carbocycles. The van der Waals surface area contributed by atoms with Crippen LogP contribution in [0, 0.1) is 5.92 Å². The van der Waals surface area contributed by atoms with Crippen LogP contribution in [0.25, 0.3) is 0 Å². The summed E-state index contributed by atoms with van der Waals surface area (Å²) >= 11 is 12.3. The fourth-order valence-corrected chi connectivity index (χ4v) is 3.82. The molecule has 0 radical (unpaired) electrons. The zero-order valence-electron chi connectivity index (χ0n) is 14.1. The van der Waals surface area contributed by atoms with E-state index in [4.69, 9.17) is 27.9 Å². The summed E-state index contributed by atoms with van der Waals surface area (Å²) in [7, 11) is 1.64. The van der Waals surface area contributed by atoms with Crippen LogP contribution in [-0.4, -0.2) is 24.8 Å². The quantitative estimate of drug-likeness (QED) is 0.674. The van der Waals surface area contributed by atoms with Crippen molar-refractivity contribution >= 4 is 29.5 Å². The normalized spacial score (nSPS) is 21.1. The molecule has 132 valence electrons. The number of benzene rings is 2. The van der Waals surface area contributed by atoms with Crippen molar-refractivity contribution in [2.75, 3.05) is 13.7 Å². The molecule has 1 saturated heterocycles. The lowest BCUT2D eigenvalue weighted by atomic mass is 9.87. The molecule has 0 bridgehead atoms. The van der Waals surface area contributed by atoms with E-state index in [1.807, 2.05) is 24.3 Å². The molecular formula is C20H21Cl2NO2. The van der Waals surface area contributed by atoms with Crippen LogP contribution >= 0.6 is 23.2 Å². The number of carbonyl (C=O) groups excluding carboxylic acids is 1. The number of ether oxygens (including phenoxy) is 1. The number of methoxy groups -OCH3 is 1. The second-order valence-electron chi connectivity index (χ2n) is 6.40. The summed E-state index contributed by atoms with van der Waals surface area (Å²) in [5.74, 6) is 0.843. The fraction of sp³-hybridized carbons (Fsp3) is 0.350. The molecule has 1 aliphatic rings. The lowest BCUT2D eigenvalue weighted by Gasteiger charge is -2.38. The van der Waals surface area contributed by atoms with Crippen LogP contribution in [0.1, 0.15) is 30.0 Å². The summed E-state index contributed by atoms with van der Waals surface area (Å²) < 4.78 is 5.48. The topological polar surface area (TPSA) is 29.5 Å². The number of piperidine rings is 1. The number of halogens is 2. The minimum Gasteiger partial charge on any atom is -0.496 e. The summed E-state index contributed by atoms with van der Waals surface area (Å²) in [5.41, 5.74) is 2.23. The molecular weight excluding hydrogens is 357 g/mol. The lowest BCUT2D eigenvalue weighted by Crippen LogP contribution is -2.37. The Kier molecular flexibility index (Phi) is 6.00. The molecule has 3 rings (SSSR count). The van der Waals surface area contributed by atoms with Crippen LogP contribution in [0.4, 0.5) is 0 Å². The van der Waals surface area contributed by atoms with E-state index in [1.54, 1.807) is 13.2 Å². The second-order valence-corrected chi connectivity index (χ2v) is 7.21. The molecule has 0 amide bonds. The molecule has 3 nitrogen and oxygen atoms in total. The first-order chi connectivity index (χ1) is 12.1. The highest BCUT2D eigenvalue weighted by Crippen LogP contribution is 2.37. The number of rotatable bonds is 5. The van der Waals surface area contributed by atoms with Gasteiger partial charge in [-0.15, -0.1) is 0 Å². The Balaban J connectivity index is 1.89. The molecule has 0 N–H and O–H groups in total. The average Bonchev–Trinajstić information content (AvgIpc) is 2.65. The van der Waals surface area contributed by atoms with Crippen molar-refractivity contribution in [1.82, 2.24) is 4.90 Å². The van der Waals surface area contributed by atoms with E-state index in [-0.39, 0.29) is 12.0 Å². The molecule has 5 heteroatoms. The van der Waals surface area contributed by atoms with Gasteiger partial charge in [0.05, 0.1) is 17.2 Å². The van der Waals surface area contributed by atoms with Crippen molar-refractivity contribution < 1.29 is 9.53 Å². The van der Waals surface area contributed by atoms with Gasteiger partial charge in [-0.1, -0.05) is 53.5 Å². The molecule has 1 heterocycles. The molecule has 25 heavy (non-hydrogen) atoms. The first-order valence-electron chi connectivity index (χ1n) is 8.38. The van der Waals surface area contributed by atoms with Gasteiger partial charge in [0.25, 0.3) is 0 Å². The Labute approximate surface area is 158 Å². The van der Waals surface area contributed by atoms with Gasteiger partial charge in [-0.2, -0.15) is 0 Å². The third kappa shape index (κ3) is 4.17. The minimum absolute atomic E-state index is 0.108. The van der Waals surface area contributed by atoms with E-state index >= 15 is 0 Å². The molecule has 0 aromatic heterocycles. The molecule has 2 aromatic carbocycles. The van der Waals surface area contributed by atoms with Crippen LogP contribution in [-0.2, 0) is 11.3 Å². The number of hydrogen-bond donors (Lipinski definition) is 0. The molecule has 2 atom stereocenters. The monoisotopic (exact) mass is 377 g/mol. The second kappa shape index (κ2) is 8.22. The predicted molar refractivity (Wildman–Crippen MR) is 101 cm³/mol. The number of hydrogen-bond acceptors (Lipinski definition) is 3. The maximum absolute atomic E-state index is 11.3. The van der Waals surface area contributed by atoms with Crippen molar-refractivity contribution in [1.29, 1.82) is 0 Å². The number of nitrogens with zero attached hydrogens (tertiary/aromatic N) is 1. The molecule has 1 aliphatic heterocycles. The molecule has 1 fully saturated rings. The number of aldehydes is 1. The van der Waals surface area contributed by atoms with Crippen molar-refractivity contribution in [3.8, 4) is 5.75 Å². The van der Waals surface area contributed by atoms with Crippen molar-refractivity contribution in [2.45, 2.75) is 25.4 Å². The smallest absolute Gasteiger partial charge is 0.124 e. The van der Waals surface area contributed by atoms with E-state index in [1.165, 1.54) is 5.56 Å². The summed E-state index contributed by atoms with van der Waals surface area (Å²) in [4.78, 5) is 13.7. The Hall–Kier alpha value is -1.55. The van der Waals surface area contributed by atoms with Crippen LogP contribution in [0.5, 0.6) is 5.75 Å². The summed E-state index contributed by atoms with van der Waals surface area (Å²) in [6.45, 7) is 1.55. The van der Waals surface area contributed by atoms with Gasteiger partial charge in [-0.3, -0.25) is 4.90 Å². The highest BCUT2D eigenvalue weighted by atomic mass is 35.5. The van der Waals surface area contributed by atoms with Crippen LogP contribution in [0.15, 0.2) is 42.5 Å². The van der Waals surface area contributed by atoms with Crippen LogP contribution < -0.4 is 4.74 Å². The van der Waals surface area contributed by atoms with Gasteiger partial charge in [-0.25, -0.2) is 0 Å². The van der Waals surface area contributed by atoms with Crippen molar-refractivity contribution in [3.63, 3.8) is 0 Å². The molecule has 2 unspecified atom stereocenters. The summed E-state index contributed by atoms with van der Waals surface area (Å²) in [5, 5.41) is 1.01. The van der Waals surface area contributed by atoms with E-state index < -0.39 is 0 Å². The van der Waals surface area contributed by atoms with Gasteiger partial charge in [0.15, 0.2) is 0 Å². The van der Waals surface area contributed by atoms with Crippen molar-refractivity contribution in [3.05, 3.63) is 63.6 Å². The van der Waals surface area contributed by atoms with E-state index in [9.17, 15) is 4.79 Å². The number of carbonyl (C=O) groups is 1. The van der Waals surface area contributed by atoms with Crippen LogP contribution in [0.2, 0.25) is 10.0 Å². The Morgan fingerprint density at radius 1 is 1.20 bits per heavy atom. The highest BCUT2D eigenvalue weighted by molar-refractivity contribution is 6.42. The summed E-state index contributed by atoms with van der Waals surface area (Å²) in [6.07, 6.45) is 2.79. The first kappa shape index (κ1) is 18.2. The standard InChI is InChI=1S/C20H21Cl2NO2/c1-25-20-11-18(22)17(21)10-16(20)12-23-8-7-14(13-24)9-19(23)15-5-3-2-4-6-15/h2-6,10-11,13-14,19H,7-9,12H2,1H3. The van der Waals surface area contributed by atoms with Gasteiger partial charge >= 0.3 is 0 Å². The Morgan fingerprint density at radius 3 is 2.60 bits per heavy atom. The van der Waals surface area contributed by atoms with Gasteiger partial charge in [-0.05, 0) is 31.0 Å². The lowest BCUT2D eigenvalue weighted by molar-refractivity contribution is -0.113. The minimum atomic E-state index is 0.108. The van der Waals surface area contributed by atoms with Gasteiger partial charge in [0.1, 0.15) is 12.0 Å². The average molecular weight is 378 g/mol. The first-order valence-corrected chi connectivity index (χ1v) is 9.14. The predicted octanol–water partition coefficient (Wildman–Crippen LogP) is 5.15. The van der Waals surface area contributed by atoms with E-state index in [0.717, 1.165) is 37.0 Å². The van der Waals surface area contributed by atoms with Gasteiger partial charge < -0.3 is 9.53 Å². The molecule has 2 aromatic rings. The van der Waals surface area contributed by atoms with Crippen molar-refractivity contribution in [2.24, 2.45) is 5.92 Å². The van der Waals surface area contributed by atoms with Gasteiger partial charge in [0.2, 0.25) is 0 Å². The zero-order valence-corrected chi connectivity index (χ0v) is 15.6. The highest BCUT2D eigenvalue weighted by Gasteiger charge is 2.30. The third-order valence-corrected chi connectivity index (χ3v) is 5.55. The Morgan fingerprint density at radius 2 is 1.92 bits per heavy atom. The number of likely N-dealkylation sites (tertiary alicyclic amines) is 1. The summed E-state index contributed by atoms with van der Waals surface area (Å²) in [6, 6.07) is 14.2. The van der Waals surface area contributed by atoms with Crippen LogP contribution in [0.3, 0.4) is 0 Å². The maximum atomic E-state index is 11.3. The molecule has 0 aliphatic carbocycles. The van der Waals surface area contributed by atoms with E-state index in [0.29, 0.717) is 16.6 Å². The van der Waals surface area contributed by atoms with Gasteiger partial charge in [0, 0.05) is 30.1 Å². The fourth-order valence-electron chi connectivity index (χ4n) is 3.48. The Bertz CT molecular complexity index is 736. The maximum Gasteiger partial charge on any atom is 0.124 e. The largest absolute Gasteiger partial charge is 0.496 e. The molecule has 0 spiro atoms. The van der Waals surface area contributed by atoms with E-state index in [2.05, 4.69) is 17.0 Å².